The molecule has 1 aliphatic rings. The van der Waals surface area contributed by atoms with Crippen LogP contribution in [0.3, 0.4) is 0 Å². The van der Waals surface area contributed by atoms with E-state index in [4.69, 9.17) is 4.74 Å². The Morgan fingerprint density at radius 3 is 2.36 bits per heavy atom. The first-order chi connectivity index (χ1) is 13.6. The highest BCUT2D eigenvalue weighted by atomic mass is 16.5. The Hall–Kier alpha value is -2.82. The summed E-state index contributed by atoms with van der Waals surface area (Å²) in [4.78, 5) is 27.2. The van der Waals surface area contributed by atoms with Gasteiger partial charge in [-0.3, -0.25) is 9.59 Å². The molecule has 1 saturated heterocycles. The predicted octanol–water partition coefficient (Wildman–Crippen LogP) is 4.03. The number of carbonyl (C=O) groups is 2. The Balaban J connectivity index is 1.59. The Morgan fingerprint density at radius 1 is 1.04 bits per heavy atom. The van der Waals surface area contributed by atoms with Crippen LogP contribution in [0, 0.1) is 0 Å². The predicted molar refractivity (Wildman–Crippen MR) is 110 cm³/mol. The van der Waals surface area contributed by atoms with Crippen LogP contribution in [0.5, 0.6) is 5.75 Å². The van der Waals surface area contributed by atoms with Crippen molar-refractivity contribution in [3.05, 3.63) is 65.2 Å². The number of hydrogen-bond acceptors (Lipinski definition) is 3. The third kappa shape index (κ3) is 4.71. The maximum atomic E-state index is 12.8. The van der Waals surface area contributed by atoms with Crippen molar-refractivity contribution in [3.63, 3.8) is 0 Å². The van der Waals surface area contributed by atoms with Gasteiger partial charge in [0.15, 0.2) is 0 Å². The molecule has 1 atom stereocenters. The highest BCUT2D eigenvalue weighted by Gasteiger charge is 2.26. The normalized spacial score (nSPS) is 16.5. The van der Waals surface area contributed by atoms with E-state index in [1.165, 1.54) is 6.42 Å². The second-order valence-electron chi connectivity index (χ2n) is 7.16. The highest BCUT2D eigenvalue weighted by Crippen LogP contribution is 2.22. The molecule has 28 heavy (non-hydrogen) atoms. The van der Waals surface area contributed by atoms with Crippen LogP contribution in [0.25, 0.3) is 0 Å². The molecule has 0 radical (unpaired) electrons. The summed E-state index contributed by atoms with van der Waals surface area (Å²) in [5, 5.41) is 2.91. The largest absolute Gasteiger partial charge is 0.497 e. The summed E-state index contributed by atoms with van der Waals surface area (Å²) in [6, 6.07) is 14.9. The summed E-state index contributed by atoms with van der Waals surface area (Å²) >= 11 is 0. The minimum absolute atomic E-state index is 0.0664. The van der Waals surface area contributed by atoms with Gasteiger partial charge >= 0.3 is 0 Å². The number of methoxy groups -OCH3 is 1. The number of nitrogens with zero attached hydrogens (tertiary/aromatic N) is 1. The number of rotatable bonds is 6. The van der Waals surface area contributed by atoms with Gasteiger partial charge in [-0.1, -0.05) is 19.1 Å². The summed E-state index contributed by atoms with van der Waals surface area (Å²) in [6.07, 6.45) is 4.31. The second-order valence-corrected chi connectivity index (χ2v) is 7.16. The molecule has 1 fully saturated rings. The van der Waals surface area contributed by atoms with E-state index >= 15 is 0 Å². The van der Waals surface area contributed by atoms with Gasteiger partial charge in [0.2, 0.25) is 0 Å². The van der Waals surface area contributed by atoms with Crippen LogP contribution in [-0.2, 0) is 6.54 Å². The fourth-order valence-corrected chi connectivity index (χ4v) is 3.65. The van der Waals surface area contributed by atoms with Crippen molar-refractivity contribution < 1.29 is 14.3 Å². The molecule has 1 aliphatic heterocycles. The number of ether oxygens (including phenoxy) is 1. The second kappa shape index (κ2) is 9.40. The lowest BCUT2D eigenvalue weighted by atomic mass is 9.98. The Morgan fingerprint density at radius 2 is 1.71 bits per heavy atom. The lowest BCUT2D eigenvalue weighted by molar-refractivity contribution is 0.0607. The number of likely N-dealkylation sites (tertiary alicyclic amines) is 1. The number of nitrogens with one attached hydrogen (secondary N) is 1. The standard InChI is InChI=1S/C23H28N2O3/c1-3-20-6-4-5-15-25(20)23(27)19-11-9-18(10-12-19)22(26)24-16-17-7-13-21(28-2)14-8-17/h7-14,20H,3-6,15-16H2,1-2H3,(H,24,26). The SMILES string of the molecule is CCC1CCCCN1C(=O)c1ccc(C(=O)NCc2ccc(OC)cc2)cc1. The van der Waals surface area contributed by atoms with Gasteiger partial charge < -0.3 is 15.0 Å². The van der Waals surface area contributed by atoms with Gasteiger partial charge in [-0.05, 0) is 67.6 Å². The number of carbonyl (C=O) groups excluding carboxylic acids is 2. The van der Waals surface area contributed by atoms with E-state index in [2.05, 4.69) is 12.2 Å². The fraction of sp³-hybridized carbons (Fsp3) is 0.391. The molecule has 2 aromatic rings. The molecule has 5 nitrogen and oxygen atoms in total. The molecule has 5 heteroatoms. The first-order valence-electron chi connectivity index (χ1n) is 9.94. The highest BCUT2D eigenvalue weighted by molar-refractivity contribution is 5.98. The molecule has 0 spiro atoms. The maximum Gasteiger partial charge on any atom is 0.254 e. The van der Waals surface area contributed by atoms with Gasteiger partial charge in [0.1, 0.15) is 5.75 Å². The van der Waals surface area contributed by atoms with Gasteiger partial charge in [-0.2, -0.15) is 0 Å². The van der Waals surface area contributed by atoms with Gasteiger partial charge in [0.05, 0.1) is 7.11 Å². The molecule has 2 aromatic carbocycles. The monoisotopic (exact) mass is 380 g/mol. The molecule has 0 saturated carbocycles. The first kappa shape index (κ1) is 19.9. The van der Waals surface area contributed by atoms with Crippen molar-refractivity contribution in [1.82, 2.24) is 10.2 Å². The average molecular weight is 380 g/mol. The van der Waals surface area contributed by atoms with Gasteiger partial charge in [-0.15, -0.1) is 0 Å². The fourth-order valence-electron chi connectivity index (χ4n) is 3.65. The zero-order valence-electron chi connectivity index (χ0n) is 16.6. The van der Waals surface area contributed by atoms with Gasteiger partial charge in [-0.25, -0.2) is 0 Å². The van der Waals surface area contributed by atoms with E-state index < -0.39 is 0 Å². The van der Waals surface area contributed by atoms with Crippen LogP contribution in [-0.4, -0.2) is 36.4 Å². The van der Waals surface area contributed by atoms with Crippen molar-refractivity contribution in [2.24, 2.45) is 0 Å². The Kier molecular flexibility index (Phi) is 6.69. The van der Waals surface area contributed by atoms with Crippen molar-refractivity contribution >= 4 is 11.8 Å². The Bertz CT molecular complexity index is 800. The molecular formula is C23H28N2O3. The number of amides is 2. The molecule has 2 amide bonds. The molecule has 1 heterocycles. The molecule has 148 valence electrons. The van der Waals surface area contributed by atoms with Crippen LogP contribution in [0.2, 0.25) is 0 Å². The number of piperidine rings is 1. The Labute approximate surface area is 166 Å². The number of benzene rings is 2. The smallest absolute Gasteiger partial charge is 0.254 e. The lowest BCUT2D eigenvalue weighted by Crippen LogP contribution is -2.43. The van der Waals surface area contributed by atoms with E-state index in [1.807, 2.05) is 29.2 Å². The summed E-state index contributed by atoms with van der Waals surface area (Å²) < 4.78 is 5.13. The average Bonchev–Trinajstić information content (AvgIpc) is 2.77. The van der Waals surface area contributed by atoms with E-state index in [-0.39, 0.29) is 11.8 Å². The molecule has 1 unspecified atom stereocenters. The first-order valence-corrected chi connectivity index (χ1v) is 9.94. The van der Waals surface area contributed by atoms with Crippen LogP contribution < -0.4 is 10.1 Å². The van der Waals surface area contributed by atoms with E-state index in [1.54, 1.807) is 31.4 Å². The minimum atomic E-state index is -0.153. The molecule has 3 rings (SSSR count). The quantitative estimate of drug-likeness (QED) is 0.823. The third-order valence-corrected chi connectivity index (χ3v) is 5.37. The van der Waals surface area contributed by atoms with Crippen molar-refractivity contribution in [1.29, 1.82) is 0 Å². The summed E-state index contributed by atoms with van der Waals surface area (Å²) in [6.45, 7) is 3.39. The zero-order chi connectivity index (χ0) is 19.9. The molecule has 0 bridgehead atoms. The van der Waals surface area contributed by atoms with Crippen molar-refractivity contribution in [2.45, 2.75) is 45.2 Å². The zero-order valence-corrected chi connectivity index (χ0v) is 16.6. The van der Waals surface area contributed by atoms with Gasteiger partial charge in [0.25, 0.3) is 11.8 Å². The van der Waals surface area contributed by atoms with E-state index in [0.29, 0.717) is 23.7 Å². The van der Waals surface area contributed by atoms with Crippen LogP contribution in [0.15, 0.2) is 48.5 Å². The van der Waals surface area contributed by atoms with E-state index in [0.717, 1.165) is 37.1 Å². The van der Waals surface area contributed by atoms with Crippen LogP contribution in [0.4, 0.5) is 0 Å². The summed E-state index contributed by atoms with van der Waals surface area (Å²) in [5.41, 5.74) is 2.19. The number of hydrogen-bond donors (Lipinski definition) is 1. The summed E-state index contributed by atoms with van der Waals surface area (Å²) in [5.74, 6) is 0.699. The molecule has 1 N–H and O–H groups in total. The van der Waals surface area contributed by atoms with Gasteiger partial charge in [0, 0.05) is 30.3 Å². The molecular weight excluding hydrogens is 352 g/mol. The topological polar surface area (TPSA) is 58.6 Å². The lowest BCUT2D eigenvalue weighted by Gasteiger charge is -2.35. The van der Waals surface area contributed by atoms with Crippen LogP contribution in [0.1, 0.15) is 58.9 Å². The van der Waals surface area contributed by atoms with Crippen LogP contribution >= 0.6 is 0 Å². The summed E-state index contributed by atoms with van der Waals surface area (Å²) in [7, 11) is 1.62. The third-order valence-electron chi connectivity index (χ3n) is 5.37. The molecule has 0 aliphatic carbocycles. The van der Waals surface area contributed by atoms with Crippen molar-refractivity contribution in [3.8, 4) is 5.75 Å². The van der Waals surface area contributed by atoms with Crippen molar-refractivity contribution in [2.75, 3.05) is 13.7 Å². The molecule has 0 aromatic heterocycles. The van der Waals surface area contributed by atoms with E-state index in [9.17, 15) is 9.59 Å². The maximum absolute atomic E-state index is 12.8. The minimum Gasteiger partial charge on any atom is -0.497 e.